The van der Waals surface area contributed by atoms with Crippen molar-refractivity contribution in [1.29, 1.82) is 0 Å². The maximum atomic E-state index is 13.4. The Labute approximate surface area is 272 Å². The van der Waals surface area contributed by atoms with Crippen LogP contribution in [0.25, 0.3) is 11.1 Å². The summed E-state index contributed by atoms with van der Waals surface area (Å²) in [7, 11) is 1.73. The number of carbonyl (C=O) groups excluding carboxylic acids is 1. The maximum absolute atomic E-state index is 13.4. The molecule has 1 aliphatic rings. The Balaban J connectivity index is 0.00000130. The lowest BCUT2D eigenvalue weighted by Gasteiger charge is -2.24. The third-order valence-corrected chi connectivity index (χ3v) is 8.41. The molecule has 1 heterocycles. The van der Waals surface area contributed by atoms with E-state index in [-0.39, 0.29) is 18.1 Å². The number of ether oxygens (including phenoxy) is 2. The molecule has 3 aromatic rings. The van der Waals surface area contributed by atoms with E-state index in [1.165, 1.54) is 0 Å². The van der Waals surface area contributed by atoms with E-state index in [1.54, 1.807) is 18.9 Å². The fraction of sp³-hybridized carbons (Fsp3) is 0.444. The molecule has 0 aliphatic carbocycles. The Morgan fingerprint density at radius 1 is 1.04 bits per heavy atom. The fourth-order valence-electron chi connectivity index (χ4n) is 5.36. The van der Waals surface area contributed by atoms with Gasteiger partial charge in [0, 0.05) is 38.4 Å². The summed E-state index contributed by atoms with van der Waals surface area (Å²) in [5.74, 6) is -0.755. The van der Waals surface area contributed by atoms with Crippen LogP contribution in [0.5, 0.6) is 0 Å². The van der Waals surface area contributed by atoms with Crippen LogP contribution in [0, 0.1) is 6.92 Å². The molecule has 4 rings (SSSR count). The topological polar surface area (TPSA) is 108 Å². The highest BCUT2D eigenvalue weighted by Gasteiger charge is 2.33. The number of hydrogen-bond donors (Lipinski definition) is 3. The molecule has 9 heteroatoms. The first-order chi connectivity index (χ1) is 21.8. The second kappa shape index (κ2) is 19.3. The van der Waals surface area contributed by atoms with Gasteiger partial charge in [0.2, 0.25) is 0 Å². The summed E-state index contributed by atoms with van der Waals surface area (Å²) in [6.07, 6.45) is 4.15. The fourth-order valence-corrected chi connectivity index (χ4v) is 5.83. The second-order valence-corrected chi connectivity index (χ2v) is 12.2. The average molecular weight is 637 g/mol. The summed E-state index contributed by atoms with van der Waals surface area (Å²) in [4.78, 5) is 27.6. The van der Waals surface area contributed by atoms with E-state index >= 15 is 0 Å². The van der Waals surface area contributed by atoms with Crippen molar-refractivity contribution >= 4 is 23.6 Å². The van der Waals surface area contributed by atoms with Crippen LogP contribution in [0.1, 0.15) is 53.2 Å². The van der Waals surface area contributed by atoms with Crippen LogP contribution in [0.2, 0.25) is 0 Å². The smallest absolute Gasteiger partial charge is 0.326 e. The number of carboxylic acids is 1. The van der Waals surface area contributed by atoms with Crippen molar-refractivity contribution in [2.45, 2.75) is 64.4 Å². The molecule has 0 saturated carbocycles. The largest absolute Gasteiger partial charge is 0.480 e. The van der Waals surface area contributed by atoms with Crippen molar-refractivity contribution in [3.63, 3.8) is 0 Å². The number of nitrogens with zero attached hydrogens (tertiary/aromatic N) is 1. The number of aryl methyl sites for hydroxylation is 1. The van der Waals surface area contributed by atoms with Crippen LogP contribution < -0.4 is 5.32 Å². The van der Waals surface area contributed by atoms with Gasteiger partial charge in [0.1, 0.15) is 6.04 Å². The molecule has 1 amide bonds. The number of aliphatic hydroxyl groups is 1. The number of hydrogen-bond acceptors (Lipinski definition) is 7. The quantitative estimate of drug-likeness (QED) is 0.192. The third-order valence-electron chi connectivity index (χ3n) is 7.76. The predicted octanol–water partition coefficient (Wildman–Crippen LogP) is 5.79. The van der Waals surface area contributed by atoms with E-state index in [9.17, 15) is 14.7 Å². The first-order valence-corrected chi connectivity index (χ1v) is 16.9. The standard InChI is InChI=1S/C33H40N2O5S.C3H8O/c1-23-9-7-8-12-28(23)30-17-25(13-14-29(30)32(36)34-31(33(37)38)15-16-41-3)19-35-20-27(18-26(35)22-39-2)40-21-24-10-5-4-6-11-24;1-2-3-4/h4-14,17,26-27,31H,15-16,18-22H2,1-3H3,(H,34,36)(H,37,38);4H,2-3H2,1H3. The zero-order valence-electron chi connectivity index (χ0n) is 26.9. The van der Waals surface area contributed by atoms with E-state index in [4.69, 9.17) is 14.6 Å². The lowest BCUT2D eigenvalue weighted by Crippen LogP contribution is -2.41. The zero-order chi connectivity index (χ0) is 32.6. The molecule has 1 aliphatic heterocycles. The highest BCUT2D eigenvalue weighted by molar-refractivity contribution is 7.98. The van der Waals surface area contributed by atoms with Crippen LogP contribution in [0.15, 0.2) is 72.8 Å². The molecule has 244 valence electrons. The molecule has 45 heavy (non-hydrogen) atoms. The summed E-state index contributed by atoms with van der Waals surface area (Å²) in [6.45, 7) is 6.94. The highest BCUT2D eigenvalue weighted by Crippen LogP contribution is 2.30. The summed E-state index contributed by atoms with van der Waals surface area (Å²) >= 11 is 1.56. The summed E-state index contributed by atoms with van der Waals surface area (Å²) in [5.41, 5.74) is 5.49. The normalized spacial score (nSPS) is 16.9. The van der Waals surface area contributed by atoms with Gasteiger partial charge in [0.25, 0.3) is 5.91 Å². The molecule has 3 atom stereocenters. The number of carboxylic acid groups (broad SMARTS) is 1. The molecule has 0 aromatic heterocycles. The number of likely N-dealkylation sites (tertiary alicyclic amines) is 1. The number of rotatable bonds is 15. The van der Waals surface area contributed by atoms with Crippen molar-refractivity contribution in [1.82, 2.24) is 10.2 Å². The first-order valence-electron chi connectivity index (χ1n) is 15.5. The second-order valence-electron chi connectivity index (χ2n) is 11.3. The minimum absolute atomic E-state index is 0.102. The van der Waals surface area contributed by atoms with Gasteiger partial charge in [-0.1, -0.05) is 67.6 Å². The highest BCUT2D eigenvalue weighted by atomic mass is 32.2. The van der Waals surface area contributed by atoms with Gasteiger partial charge < -0.3 is 25.0 Å². The molecule has 8 nitrogen and oxygen atoms in total. The van der Waals surface area contributed by atoms with Gasteiger partial charge >= 0.3 is 5.97 Å². The van der Waals surface area contributed by atoms with Crippen LogP contribution in [0.3, 0.4) is 0 Å². The summed E-state index contributed by atoms with van der Waals surface area (Å²) in [5, 5.41) is 20.3. The molecule has 0 bridgehead atoms. The van der Waals surface area contributed by atoms with Gasteiger partial charge in [-0.05, 0) is 78.1 Å². The van der Waals surface area contributed by atoms with Gasteiger partial charge in [-0.2, -0.15) is 11.8 Å². The van der Waals surface area contributed by atoms with Crippen LogP contribution in [-0.4, -0.2) is 84.1 Å². The minimum Gasteiger partial charge on any atom is -0.480 e. The molecule has 0 spiro atoms. The molecular formula is C36H48N2O6S. The Morgan fingerprint density at radius 3 is 2.40 bits per heavy atom. The molecule has 3 unspecified atom stereocenters. The minimum atomic E-state index is -1.02. The lowest BCUT2D eigenvalue weighted by molar-refractivity contribution is -0.139. The van der Waals surface area contributed by atoms with E-state index in [0.29, 0.717) is 44.1 Å². The van der Waals surface area contributed by atoms with Gasteiger partial charge in [-0.3, -0.25) is 9.69 Å². The van der Waals surface area contributed by atoms with E-state index in [1.807, 2.05) is 74.7 Å². The third kappa shape index (κ3) is 11.3. The Hall–Kier alpha value is -3.21. The van der Waals surface area contributed by atoms with Crippen LogP contribution in [0.4, 0.5) is 0 Å². The molecule has 3 N–H and O–H groups in total. The number of amides is 1. The van der Waals surface area contributed by atoms with Crippen molar-refractivity contribution in [3.05, 3.63) is 95.1 Å². The Bertz CT molecular complexity index is 1340. The Morgan fingerprint density at radius 2 is 1.76 bits per heavy atom. The monoisotopic (exact) mass is 636 g/mol. The number of thioether (sulfide) groups is 1. The SMILES string of the molecule is CCCO.COCC1CC(OCc2ccccc2)CN1Cc1ccc(C(=O)NC(CCSC)C(=O)O)c(-c2ccccc2C)c1. The number of aliphatic carboxylic acids is 1. The molecule has 1 fully saturated rings. The molecular weight excluding hydrogens is 588 g/mol. The van der Waals surface area contributed by atoms with Gasteiger partial charge in [-0.15, -0.1) is 0 Å². The predicted molar refractivity (Wildman–Crippen MR) is 182 cm³/mol. The summed E-state index contributed by atoms with van der Waals surface area (Å²) < 4.78 is 11.8. The van der Waals surface area contributed by atoms with Crippen LogP contribution in [-0.2, 0) is 27.4 Å². The van der Waals surface area contributed by atoms with E-state index in [2.05, 4.69) is 28.4 Å². The van der Waals surface area contributed by atoms with Crippen LogP contribution >= 0.6 is 11.8 Å². The van der Waals surface area contributed by atoms with Gasteiger partial charge in [0.05, 0.1) is 19.3 Å². The van der Waals surface area contributed by atoms with Gasteiger partial charge in [-0.25, -0.2) is 4.79 Å². The van der Waals surface area contributed by atoms with E-state index in [0.717, 1.165) is 47.2 Å². The number of nitrogens with one attached hydrogen (secondary N) is 1. The number of aliphatic hydroxyl groups excluding tert-OH is 1. The van der Waals surface area contributed by atoms with Crippen molar-refractivity contribution in [2.24, 2.45) is 0 Å². The van der Waals surface area contributed by atoms with Crippen molar-refractivity contribution in [3.8, 4) is 11.1 Å². The molecule has 0 radical (unpaired) electrons. The number of carbonyl (C=O) groups is 2. The molecule has 1 saturated heterocycles. The van der Waals surface area contributed by atoms with E-state index < -0.39 is 12.0 Å². The molecule has 3 aromatic carbocycles. The first kappa shape index (κ1) is 36.3. The number of methoxy groups -OCH3 is 1. The number of benzene rings is 3. The van der Waals surface area contributed by atoms with Gasteiger partial charge in [0.15, 0.2) is 0 Å². The average Bonchev–Trinajstić information content (AvgIpc) is 3.43. The van der Waals surface area contributed by atoms with Crippen molar-refractivity contribution < 1.29 is 29.3 Å². The summed E-state index contributed by atoms with van der Waals surface area (Å²) in [6, 6.07) is 23.3. The Kier molecular flexibility index (Phi) is 15.6. The zero-order valence-corrected chi connectivity index (χ0v) is 27.7. The van der Waals surface area contributed by atoms with Crippen molar-refractivity contribution in [2.75, 3.05) is 38.9 Å². The maximum Gasteiger partial charge on any atom is 0.326 e. The lowest BCUT2D eigenvalue weighted by atomic mass is 9.93.